The summed E-state index contributed by atoms with van der Waals surface area (Å²) in [6.07, 6.45) is 3.29. The van der Waals surface area contributed by atoms with E-state index in [2.05, 4.69) is 10.3 Å². The van der Waals surface area contributed by atoms with E-state index in [1.54, 1.807) is 0 Å². The summed E-state index contributed by atoms with van der Waals surface area (Å²) in [5, 5.41) is 7.77. The van der Waals surface area contributed by atoms with E-state index in [0.29, 0.717) is 17.9 Å². The summed E-state index contributed by atoms with van der Waals surface area (Å²) >= 11 is 0. The second kappa shape index (κ2) is 5.96. The number of nitrogens with zero attached hydrogens (tertiary/aromatic N) is 3. The largest absolute Gasteiger partial charge is 0.359 e. The van der Waals surface area contributed by atoms with Crippen LogP contribution in [0.2, 0.25) is 0 Å². The van der Waals surface area contributed by atoms with Gasteiger partial charge in [-0.2, -0.15) is 0 Å². The minimum absolute atomic E-state index is 0.0859. The van der Waals surface area contributed by atoms with E-state index in [1.165, 1.54) is 6.20 Å². The van der Waals surface area contributed by atoms with Gasteiger partial charge in [0.2, 0.25) is 0 Å². The molecule has 0 aliphatic carbocycles. The molecule has 0 N–H and O–H groups in total. The Morgan fingerprint density at radius 2 is 2.08 bits per heavy atom. The fourth-order valence-electron chi connectivity index (χ4n) is 3.19. The van der Waals surface area contributed by atoms with Gasteiger partial charge in [-0.25, -0.2) is 0 Å². The molecule has 24 heavy (non-hydrogen) atoms. The zero-order valence-electron chi connectivity index (χ0n) is 13.3. The van der Waals surface area contributed by atoms with Crippen LogP contribution in [0.5, 0.6) is 0 Å². The molecule has 3 aromatic rings. The van der Waals surface area contributed by atoms with Gasteiger partial charge in [0.25, 0.3) is 5.91 Å². The molecule has 0 saturated carbocycles. The number of aryl methyl sites for hydroxylation is 1. The third-order valence-corrected chi connectivity index (χ3v) is 4.33. The number of carbonyl (C=O) groups is 1. The first-order chi connectivity index (χ1) is 11.7. The van der Waals surface area contributed by atoms with Gasteiger partial charge in [0.15, 0.2) is 11.5 Å². The number of amides is 1. The predicted octanol–water partition coefficient (Wildman–Crippen LogP) is 3.62. The molecule has 3 heterocycles. The summed E-state index contributed by atoms with van der Waals surface area (Å²) in [5.74, 6) is 1.14. The van der Waals surface area contributed by atoms with E-state index in [-0.39, 0.29) is 11.9 Å². The molecule has 122 valence electrons. The lowest BCUT2D eigenvalue weighted by molar-refractivity contribution is 0.0715. The molecule has 0 radical (unpaired) electrons. The maximum absolute atomic E-state index is 13.1. The Kier molecular flexibility index (Phi) is 3.65. The van der Waals surface area contributed by atoms with Crippen LogP contribution in [0, 0.1) is 6.92 Å². The number of rotatable bonds is 3. The lowest BCUT2D eigenvalue weighted by Gasteiger charge is -2.22. The van der Waals surface area contributed by atoms with Crippen LogP contribution in [0.25, 0.3) is 11.3 Å². The predicted molar refractivity (Wildman–Crippen MR) is 86.2 cm³/mol. The van der Waals surface area contributed by atoms with Crippen LogP contribution in [0.1, 0.15) is 40.7 Å². The first-order valence-electron chi connectivity index (χ1n) is 7.98. The summed E-state index contributed by atoms with van der Waals surface area (Å²) in [5.41, 5.74) is 2.13. The smallest absolute Gasteiger partial charge is 0.260 e. The number of hydrogen-bond donors (Lipinski definition) is 0. The van der Waals surface area contributed by atoms with E-state index < -0.39 is 0 Å². The summed E-state index contributed by atoms with van der Waals surface area (Å²) in [6.45, 7) is 2.56. The Bertz CT molecular complexity index is 853. The van der Waals surface area contributed by atoms with Gasteiger partial charge in [0.05, 0.1) is 17.9 Å². The number of likely N-dealkylation sites (tertiary alicyclic amines) is 1. The normalized spacial score (nSPS) is 17.4. The van der Waals surface area contributed by atoms with E-state index in [4.69, 9.17) is 9.05 Å². The Morgan fingerprint density at radius 1 is 1.25 bits per heavy atom. The topological polar surface area (TPSA) is 72.4 Å². The van der Waals surface area contributed by atoms with Crippen molar-refractivity contribution < 1.29 is 13.8 Å². The number of aromatic nitrogens is 2. The van der Waals surface area contributed by atoms with Gasteiger partial charge in [-0.1, -0.05) is 40.6 Å². The van der Waals surface area contributed by atoms with Crippen LogP contribution in [-0.2, 0) is 0 Å². The lowest BCUT2D eigenvalue weighted by Crippen LogP contribution is -2.30. The highest BCUT2D eigenvalue weighted by Gasteiger charge is 2.35. The van der Waals surface area contributed by atoms with Crippen molar-refractivity contribution in [3.8, 4) is 11.3 Å². The van der Waals surface area contributed by atoms with Crippen molar-refractivity contribution in [2.24, 2.45) is 0 Å². The molecular weight excluding hydrogens is 306 g/mol. The molecule has 1 saturated heterocycles. The van der Waals surface area contributed by atoms with Crippen LogP contribution < -0.4 is 0 Å². The molecule has 1 atom stereocenters. The SMILES string of the molecule is Cc1cc([C@H]2CCCN2C(=O)c2cnoc2-c2ccccc2)on1. The maximum atomic E-state index is 13.1. The molecule has 1 aliphatic rings. The van der Waals surface area contributed by atoms with Crippen molar-refractivity contribution in [1.29, 1.82) is 0 Å². The Hall–Kier alpha value is -2.89. The molecular formula is C18H17N3O3. The minimum atomic E-state index is -0.0911. The third-order valence-electron chi connectivity index (χ3n) is 4.33. The third kappa shape index (κ3) is 2.50. The highest BCUT2D eigenvalue weighted by Crippen LogP contribution is 2.35. The standard InChI is InChI=1S/C18H17N3O3/c1-12-10-16(23-20-12)15-8-5-9-21(15)18(22)14-11-19-24-17(14)13-6-3-2-4-7-13/h2-4,6-7,10-11,15H,5,8-9H2,1H3/t15-/m1/s1. The molecule has 0 bridgehead atoms. The highest BCUT2D eigenvalue weighted by molar-refractivity contribution is 5.99. The van der Waals surface area contributed by atoms with E-state index in [9.17, 15) is 4.79 Å². The second-order valence-corrected chi connectivity index (χ2v) is 5.96. The number of carbonyl (C=O) groups excluding carboxylic acids is 1. The molecule has 0 unspecified atom stereocenters. The van der Waals surface area contributed by atoms with E-state index in [0.717, 1.165) is 29.9 Å². The van der Waals surface area contributed by atoms with Gasteiger partial charge in [-0.3, -0.25) is 4.79 Å². The molecule has 1 aliphatic heterocycles. The van der Waals surface area contributed by atoms with Crippen molar-refractivity contribution in [1.82, 2.24) is 15.2 Å². The summed E-state index contributed by atoms with van der Waals surface area (Å²) in [7, 11) is 0. The Balaban J connectivity index is 1.66. The molecule has 6 heteroatoms. The zero-order valence-corrected chi connectivity index (χ0v) is 13.3. The van der Waals surface area contributed by atoms with Crippen molar-refractivity contribution in [2.75, 3.05) is 6.54 Å². The van der Waals surface area contributed by atoms with Crippen LogP contribution in [0.3, 0.4) is 0 Å². The fourth-order valence-corrected chi connectivity index (χ4v) is 3.19. The Labute approximate surface area is 139 Å². The number of hydrogen-bond acceptors (Lipinski definition) is 5. The van der Waals surface area contributed by atoms with Gasteiger partial charge in [0, 0.05) is 18.2 Å². The zero-order chi connectivity index (χ0) is 16.5. The molecule has 2 aromatic heterocycles. The maximum Gasteiger partial charge on any atom is 0.260 e. The van der Waals surface area contributed by atoms with Gasteiger partial charge in [-0.15, -0.1) is 0 Å². The van der Waals surface area contributed by atoms with Crippen molar-refractivity contribution in [2.45, 2.75) is 25.8 Å². The lowest BCUT2D eigenvalue weighted by atomic mass is 10.1. The summed E-state index contributed by atoms with van der Waals surface area (Å²) in [4.78, 5) is 14.9. The molecule has 1 fully saturated rings. The molecule has 1 amide bonds. The molecule has 1 aromatic carbocycles. The highest BCUT2D eigenvalue weighted by atomic mass is 16.5. The molecule has 0 spiro atoms. The van der Waals surface area contributed by atoms with Crippen LogP contribution in [0.4, 0.5) is 0 Å². The summed E-state index contributed by atoms with van der Waals surface area (Å²) < 4.78 is 10.7. The van der Waals surface area contributed by atoms with Crippen LogP contribution in [-0.4, -0.2) is 27.7 Å². The van der Waals surface area contributed by atoms with Gasteiger partial charge < -0.3 is 13.9 Å². The van der Waals surface area contributed by atoms with Gasteiger partial charge in [-0.05, 0) is 19.8 Å². The Morgan fingerprint density at radius 3 is 2.83 bits per heavy atom. The molecule has 6 nitrogen and oxygen atoms in total. The minimum Gasteiger partial charge on any atom is -0.359 e. The van der Waals surface area contributed by atoms with Crippen LogP contribution >= 0.6 is 0 Å². The monoisotopic (exact) mass is 323 g/mol. The average molecular weight is 323 g/mol. The first-order valence-corrected chi connectivity index (χ1v) is 7.98. The van der Waals surface area contributed by atoms with Gasteiger partial charge in [0.1, 0.15) is 5.56 Å². The second-order valence-electron chi connectivity index (χ2n) is 5.96. The quantitative estimate of drug-likeness (QED) is 0.736. The van der Waals surface area contributed by atoms with Crippen molar-refractivity contribution in [3.05, 3.63) is 59.6 Å². The first kappa shape index (κ1) is 14.7. The van der Waals surface area contributed by atoms with Crippen molar-refractivity contribution >= 4 is 5.91 Å². The van der Waals surface area contributed by atoms with Crippen molar-refractivity contribution in [3.63, 3.8) is 0 Å². The van der Waals surface area contributed by atoms with Crippen LogP contribution in [0.15, 0.2) is 51.6 Å². The fraction of sp³-hybridized carbons (Fsp3) is 0.278. The average Bonchev–Trinajstić information content (AvgIpc) is 3.34. The van der Waals surface area contributed by atoms with E-state index in [1.807, 2.05) is 48.2 Å². The summed E-state index contributed by atoms with van der Waals surface area (Å²) in [6, 6.07) is 11.3. The van der Waals surface area contributed by atoms with Gasteiger partial charge >= 0.3 is 0 Å². The number of benzene rings is 1. The molecule has 4 rings (SSSR count). The van der Waals surface area contributed by atoms with E-state index >= 15 is 0 Å².